The maximum Gasteiger partial charge on any atom is 0.279 e. The summed E-state index contributed by atoms with van der Waals surface area (Å²) in [5.41, 5.74) is 1.01. The molecule has 7 heteroatoms. The van der Waals surface area contributed by atoms with Gasteiger partial charge in [-0.15, -0.1) is 0 Å². The Morgan fingerprint density at radius 1 is 1.40 bits per heavy atom. The standard InChI is InChI=1S/C13H21N3O3S/c1-11-9-16(10-12(2)19-11)20(17,18)15-7-5-13-4-3-6-14-8-13/h3-4,6,8,11-12,15H,5,7,9-10H2,1-2H3/t11-,12-/m0/s1. The molecule has 0 unspecified atom stereocenters. The van der Waals surface area contributed by atoms with E-state index in [0.717, 1.165) is 5.56 Å². The Hall–Kier alpha value is -1.02. The largest absolute Gasteiger partial charge is 0.373 e. The van der Waals surface area contributed by atoms with Crippen molar-refractivity contribution in [3.8, 4) is 0 Å². The molecule has 0 bridgehead atoms. The lowest BCUT2D eigenvalue weighted by Gasteiger charge is -2.34. The quantitative estimate of drug-likeness (QED) is 0.863. The zero-order valence-corrected chi connectivity index (χ0v) is 12.6. The lowest BCUT2D eigenvalue weighted by atomic mass is 10.2. The molecule has 0 aromatic carbocycles. The van der Waals surface area contributed by atoms with Crippen LogP contribution in [0.25, 0.3) is 0 Å². The van der Waals surface area contributed by atoms with Crippen molar-refractivity contribution >= 4 is 10.2 Å². The van der Waals surface area contributed by atoms with Gasteiger partial charge in [-0.2, -0.15) is 12.7 Å². The van der Waals surface area contributed by atoms with Gasteiger partial charge in [0.15, 0.2) is 0 Å². The highest BCUT2D eigenvalue weighted by atomic mass is 32.2. The van der Waals surface area contributed by atoms with Crippen LogP contribution in [-0.2, 0) is 21.4 Å². The number of morpholine rings is 1. The maximum absolute atomic E-state index is 12.2. The summed E-state index contributed by atoms with van der Waals surface area (Å²) < 4.78 is 34.1. The summed E-state index contributed by atoms with van der Waals surface area (Å²) in [7, 11) is -3.44. The van der Waals surface area contributed by atoms with Crippen LogP contribution < -0.4 is 4.72 Å². The number of hydrogen-bond acceptors (Lipinski definition) is 4. The maximum atomic E-state index is 12.2. The first-order valence-corrected chi connectivity index (χ1v) is 8.20. The van der Waals surface area contributed by atoms with Crippen LogP contribution in [0.15, 0.2) is 24.5 Å². The number of nitrogens with zero attached hydrogens (tertiary/aromatic N) is 2. The molecule has 112 valence electrons. The van der Waals surface area contributed by atoms with E-state index in [2.05, 4.69) is 9.71 Å². The van der Waals surface area contributed by atoms with Crippen LogP contribution in [0, 0.1) is 0 Å². The van der Waals surface area contributed by atoms with Gasteiger partial charge < -0.3 is 4.74 Å². The van der Waals surface area contributed by atoms with Crippen LogP contribution >= 0.6 is 0 Å². The van der Waals surface area contributed by atoms with Crippen LogP contribution in [0.1, 0.15) is 19.4 Å². The van der Waals surface area contributed by atoms with Crippen molar-refractivity contribution in [3.05, 3.63) is 30.1 Å². The van der Waals surface area contributed by atoms with E-state index < -0.39 is 10.2 Å². The van der Waals surface area contributed by atoms with E-state index in [1.54, 1.807) is 12.4 Å². The molecular weight excluding hydrogens is 278 g/mol. The first-order valence-electron chi connectivity index (χ1n) is 6.76. The minimum absolute atomic E-state index is 0.0753. The molecule has 1 aromatic rings. The molecule has 0 spiro atoms. The van der Waals surface area contributed by atoms with Crippen molar-refractivity contribution in [3.63, 3.8) is 0 Å². The number of pyridine rings is 1. The van der Waals surface area contributed by atoms with Crippen LogP contribution in [0.2, 0.25) is 0 Å². The summed E-state index contributed by atoms with van der Waals surface area (Å²) in [6.45, 7) is 4.93. The highest BCUT2D eigenvalue weighted by molar-refractivity contribution is 7.87. The fourth-order valence-electron chi connectivity index (χ4n) is 2.29. The average Bonchev–Trinajstić information content (AvgIpc) is 2.38. The molecule has 1 aliphatic rings. The third-order valence-electron chi connectivity index (χ3n) is 3.15. The summed E-state index contributed by atoms with van der Waals surface area (Å²) in [5, 5.41) is 0. The van der Waals surface area contributed by atoms with Gasteiger partial charge in [-0.05, 0) is 31.9 Å². The van der Waals surface area contributed by atoms with Crippen molar-refractivity contribution in [2.75, 3.05) is 19.6 Å². The fourth-order valence-corrected chi connectivity index (χ4v) is 3.64. The first-order chi connectivity index (χ1) is 9.47. The van der Waals surface area contributed by atoms with Crippen molar-refractivity contribution < 1.29 is 13.2 Å². The molecule has 0 radical (unpaired) electrons. The van der Waals surface area contributed by atoms with E-state index >= 15 is 0 Å². The zero-order valence-electron chi connectivity index (χ0n) is 11.8. The van der Waals surface area contributed by atoms with Crippen LogP contribution in [-0.4, -0.2) is 49.5 Å². The number of nitrogens with one attached hydrogen (secondary N) is 1. The van der Waals surface area contributed by atoms with Gasteiger partial charge in [-0.1, -0.05) is 6.07 Å². The molecule has 6 nitrogen and oxygen atoms in total. The lowest BCUT2D eigenvalue weighted by molar-refractivity contribution is -0.0443. The van der Waals surface area contributed by atoms with Gasteiger partial charge >= 0.3 is 0 Å². The number of ether oxygens (including phenoxy) is 1. The van der Waals surface area contributed by atoms with Crippen molar-refractivity contribution in [1.29, 1.82) is 0 Å². The molecule has 1 saturated heterocycles. The zero-order chi connectivity index (χ0) is 14.6. The van der Waals surface area contributed by atoms with E-state index in [9.17, 15) is 8.42 Å². The van der Waals surface area contributed by atoms with Crippen molar-refractivity contribution in [2.24, 2.45) is 0 Å². The van der Waals surface area contributed by atoms with E-state index in [0.29, 0.717) is 26.1 Å². The van der Waals surface area contributed by atoms with Gasteiger partial charge in [-0.3, -0.25) is 4.98 Å². The fraction of sp³-hybridized carbons (Fsp3) is 0.615. The Bertz CT molecular complexity index is 511. The van der Waals surface area contributed by atoms with E-state index in [-0.39, 0.29) is 12.2 Å². The molecule has 1 aliphatic heterocycles. The highest BCUT2D eigenvalue weighted by Gasteiger charge is 2.30. The van der Waals surface area contributed by atoms with Crippen molar-refractivity contribution in [1.82, 2.24) is 14.0 Å². The Morgan fingerprint density at radius 2 is 2.10 bits per heavy atom. The lowest BCUT2D eigenvalue weighted by Crippen LogP contribution is -2.52. The molecule has 2 rings (SSSR count). The summed E-state index contributed by atoms with van der Waals surface area (Å²) >= 11 is 0. The third-order valence-corrected chi connectivity index (χ3v) is 4.69. The Kier molecular flexibility index (Phi) is 5.09. The first kappa shape index (κ1) is 15.4. The van der Waals surface area contributed by atoms with Gasteiger partial charge in [0.1, 0.15) is 0 Å². The molecule has 2 atom stereocenters. The molecule has 1 N–H and O–H groups in total. The Labute approximate surface area is 120 Å². The topological polar surface area (TPSA) is 71.5 Å². The Morgan fingerprint density at radius 3 is 2.70 bits per heavy atom. The molecule has 20 heavy (non-hydrogen) atoms. The highest BCUT2D eigenvalue weighted by Crippen LogP contribution is 2.13. The molecule has 2 heterocycles. The van der Waals surface area contributed by atoms with Crippen LogP contribution in [0.4, 0.5) is 0 Å². The predicted octanol–water partition coefficient (Wildman–Crippen LogP) is 0.568. The second-order valence-corrected chi connectivity index (χ2v) is 6.84. The van der Waals surface area contributed by atoms with E-state index in [1.807, 2.05) is 26.0 Å². The molecule has 1 aromatic heterocycles. The predicted molar refractivity (Wildman–Crippen MR) is 76.4 cm³/mol. The molecule has 0 saturated carbocycles. The average molecular weight is 299 g/mol. The SMILES string of the molecule is C[C@H]1CN(S(=O)(=O)NCCc2cccnc2)C[C@H](C)O1. The van der Waals surface area contributed by atoms with Gasteiger partial charge in [0, 0.05) is 32.0 Å². The number of hydrogen-bond donors (Lipinski definition) is 1. The van der Waals surface area contributed by atoms with E-state index in [1.165, 1.54) is 4.31 Å². The molecule has 0 aliphatic carbocycles. The molecule has 0 amide bonds. The summed E-state index contributed by atoms with van der Waals surface area (Å²) in [6.07, 6.45) is 3.92. The summed E-state index contributed by atoms with van der Waals surface area (Å²) in [6, 6.07) is 3.77. The third kappa shape index (κ3) is 4.24. The summed E-state index contributed by atoms with van der Waals surface area (Å²) in [4.78, 5) is 4.01. The number of rotatable bonds is 5. The van der Waals surface area contributed by atoms with Gasteiger partial charge in [0.05, 0.1) is 12.2 Å². The molecular formula is C13H21N3O3S. The van der Waals surface area contributed by atoms with Crippen molar-refractivity contribution in [2.45, 2.75) is 32.5 Å². The van der Waals surface area contributed by atoms with Crippen LogP contribution in [0.3, 0.4) is 0 Å². The van der Waals surface area contributed by atoms with Gasteiger partial charge in [0.2, 0.25) is 0 Å². The second kappa shape index (κ2) is 6.62. The monoisotopic (exact) mass is 299 g/mol. The normalized spacial score (nSPS) is 24.7. The minimum atomic E-state index is -3.44. The van der Waals surface area contributed by atoms with Gasteiger partial charge in [0.25, 0.3) is 10.2 Å². The van der Waals surface area contributed by atoms with E-state index in [4.69, 9.17) is 4.74 Å². The van der Waals surface area contributed by atoms with Gasteiger partial charge in [-0.25, -0.2) is 4.72 Å². The Balaban J connectivity index is 1.87. The smallest absolute Gasteiger partial charge is 0.279 e. The van der Waals surface area contributed by atoms with Crippen LogP contribution in [0.5, 0.6) is 0 Å². The minimum Gasteiger partial charge on any atom is -0.373 e. The molecule has 1 fully saturated rings. The number of aromatic nitrogens is 1. The summed E-state index contributed by atoms with van der Waals surface area (Å²) in [5.74, 6) is 0. The second-order valence-electron chi connectivity index (χ2n) is 5.08.